The summed E-state index contributed by atoms with van der Waals surface area (Å²) in [5, 5.41) is 19.7. The molecule has 11 heteroatoms. The third-order valence-electron chi connectivity index (χ3n) is 5.32. The Hall–Kier alpha value is -4.25. The number of ether oxygens (including phenoxy) is 4. The first kappa shape index (κ1) is 27.3. The molecule has 1 aliphatic heterocycles. The summed E-state index contributed by atoms with van der Waals surface area (Å²) in [5.74, 6) is 0.883. The summed E-state index contributed by atoms with van der Waals surface area (Å²) >= 11 is 0. The Morgan fingerprint density at radius 3 is 2.57 bits per heavy atom. The summed E-state index contributed by atoms with van der Waals surface area (Å²) < 4.78 is 21.9. The van der Waals surface area contributed by atoms with Crippen LogP contribution in [0.5, 0.6) is 17.2 Å². The lowest BCUT2D eigenvalue weighted by Crippen LogP contribution is -2.45. The van der Waals surface area contributed by atoms with E-state index in [0.29, 0.717) is 41.7 Å². The number of hydrogen-bond donors (Lipinski definition) is 4. The molecule has 2 atom stereocenters. The van der Waals surface area contributed by atoms with E-state index in [1.165, 1.54) is 7.11 Å². The first-order chi connectivity index (χ1) is 17.9. The molecule has 3 rings (SSSR count). The van der Waals surface area contributed by atoms with Crippen molar-refractivity contribution in [2.24, 2.45) is 5.10 Å². The Labute approximate surface area is 215 Å². The van der Waals surface area contributed by atoms with E-state index in [1.807, 2.05) is 38.1 Å². The number of carbonyl (C=O) groups is 2. The normalized spacial score (nSPS) is 16.0. The number of allylic oxidation sites excluding steroid dienone is 1. The molecule has 0 saturated carbocycles. The fourth-order valence-electron chi connectivity index (χ4n) is 3.69. The third kappa shape index (κ3) is 7.14. The fourth-order valence-corrected chi connectivity index (χ4v) is 3.69. The van der Waals surface area contributed by atoms with Crippen LogP contribution >= 0.6 is 0 Å². The largest absolute Gasteiger partial charge is 0.493 e. The standard InChI is InChI=1S/C26H32N4O7/c1-5-35-19-10-8-7-9-18(19)14-27-30-22(31)15-37-20-12-11-17(13-21(20)36-6-2)24-23(25(32)34-4)16(3)28-26(33)29-24/h7-14,22,24,30-31H,5-6,15H2,1-4H3,(H2,28,29,33)/b27-14+/t22-,24-/m1/s1. The van der Waals surface area contributed by atoms with Gasteiger partial charge in [0.15, 0.2) is 17.7 Å². The number of benzene rings is 2. The molecule has 0 aromatic heterocycles. The van der Waals surface area contributed by atoms with Gasteiger partial charge in [-0.2, -0.15) is 5.10 Å². The molecule has 0 unspecified atom stereocenters. The van der Waals surface area contributed by atoms with Crippen LogP contribution in [0.2, 0.25) is 0 Å². The molecule has 37 heavy (non-hydrogen) atoms. The molecule has 11 nitrogen and oxygen atoms in total. The molecule has 2 amide bonds. The van der Waals surface area contributed by atoms with Gasteiger partial charge in [0, 0.05) is 11.3 Å². The van der Waals surface area contributed by atoms with E-state index in [-0.39, 0.29) is 12.2 Å². The second-order valence-corrected chi connectivity index (χ2v) is 7.89. The third-order valence-corrected chi connectivity index (χ3v) is 5.32. The lowest BCUT2D eigenvalue weighted by molar-refractivity contribution is -0.136. The van der Waals surface area contributed by atoms with E-state index in [1.54, 1.807) is 31.3 Å². The quantitative estimate of drug-likeness (QED) is 0.147. The van der Waals surface area contributed by atoms with Crippen molar-refractivity contribution in [1.82, 2.24) is 16.1 Å². The number of urea groups is 1. The Morgan fingerprint density at radius 2 is 1.84 bits per heavy atom. The number of methoxy groups -OCH3 is 1. The second-order valence-electron chi connectivity index (χ2n) is 7.89. The number of carbonyl (C=O) groups excluding carboxylic acids is 2. The zero-order valence-electron chi connectivity index (χ0n) is 21.2. The molecule has 1 heterocycles. The Balaban J connectivity index is 1.70. The predicted molar refractivity (Wildman–Crippen MR) is 137 cm³/mol. The van der Waals surface area contributed by atoms with Gasteiger partial charge in [-0.1, -0.05) is 18.2 Å². The number of nitrogens with one attached hydrogen (secondary N) is 3. The lowest BCUT2D eigenvalue weighted by Gasteiger charge is -2.28. The number of esters is 1. The maximum absolute atomic E-state index is 12.4. The second kappa shape index (κ2) is 13.2. The molecule has 0 fully saturated rings. The highest BCUT2D eigenvalue weighted by Gasteiger charge is 2.32. The van der Waals surface area contributed by atoms with Gasteiger partial charge in [0.2, 0.25) is 0 Å². The van der Waals surface area contributed by atoms with E-state index in [2.05, 4.69) is 21.2 Å². The van der Waals surface area contributed by atoms with Crippen molar-refractivity contribution in [3.8, 4) is 17.2 Å². The summed E-state index contributed by atoms with van der Waals surface area (Å²) in [7, 11) is 1.28. The van der Waals surface area contributed by atoms with Crippen LogP contribution in [-0.2, 0) is 9.53 Å². The summed E-state index contributed by atoms with van der Waals surface area (Å²) in [5.41, 5.74) is 4.65. The SMILES string of the molecule is CCOc1ccccc1/C=N/N[C@H](O)COc1ccc([C@H]2NC(=O)NC(C)=C2C(=O)OC)cc1OCC. The van der Waals surface area contributed by atoms with E-state index in [9.17, 15) is 14.7 Å². The van der Waals surface area contributed by atoms with Gasteiger partial charge in [0.1, 0.15) is 12.4 Å². The monoisotopic (exact) mass is 512 g/mol. The maximum atomic E-state index is 12.4. The van der Waals surface area contributed by atoms with Gasteiger partial charge < -0.3 is 34.7 Å². The van der Waals surface area contributed by atoms with Crippen LogP contribution in [0.3, 0.4) is 0 Å². The molecule has 0 radical (unpaired) electrons. The topological polar surface area (TPSA) is 140 Å². The Bertz CT molecular complexity index is 1170. The van der Waals surface area contributed by atoms with Gasteiger partial charge in [0.05, 0.1) is 38.2 Å². The molecule has 0 bridgehead atoms. The van der Waals surface area contributed by atoms with Gasteiger partial charge >= 0.3 is 12.0 Å². The van der Waals surface area contributed by atoms with E-state index >= 15 is 0 Å². The van der Waals surface area contributed by atoms with Gasteiger partial charge in [-0.05, 0) is 50.6 Å². The molecule has 1 aliphatic rings. The van der Waals surface area contributed by atoms with Crippen LogP contribution in [0.25, 0.3) is 0 Å². The molecule has 0 saturated heterocycles. The summed E-state index contributed by atoms with van der Waals surface area (Å²) in [6.07, 6.45) is 0.445. The van der Waals surface area contributed by atoms with Crippen molar-refractivity contribution in [3.63, 3.8) is 0 Å². The highest BCUT2D eigenvalue weighted by Crippen LogP contribution is 2.34. The fraction of sp³-hybridized carbons (Fsp3) is 0.346. The van der Waals surface area contributed by atoms with Crippen molar-refractivity contribution in [2.45, 2.75) is 33.0 Å². The van der Waals surface area contributed by atoms with Gasteiger partial charge in [-0.3, -0.25) is 5.43 Å². The predicted octanol–water partition coefficient (Wildman–Crippen LogP) is 2.61. The van der Waals surface area contributed by atoms with Crippen LogP contribution in [0.1, 0.15) is 37.9 Å². The number of hydrogen-bond acceptors (Lipinski definition) is 9. The minimum Gasteiger partial charge on any atom is -0.493 e. The van der Waals surface area contributed by atoms with Crippen LogP contribution < -0.4 is 30.3 Å². The van der Waals surface area contributed by atoms with E-state index < -0.39 is 24.3 Å². The molecule has 2 aromatic carbocycles. The number of nitrogens with zero attached hydrogens (tertiary/aromatic N) is 1. The molecule has 4 N–H and O–H groups in total. The van der Waals surface area contributed by atoms with E-state index in [4.69, 9.17) is 18.9 Å². The smallest absolute Gasteiger partial charge is 0.337 e. The number of amides is 2. The van der Waals surface area contributed by atoms with Gasteiger partial charge in [-0.15, -0.1) is 0 Å². The molecule has 2 aromatic rings. The van der Waals surface area contributed by atoms with Crippen molar-refractivity contribution in [2.75, 3.05) is 26.9 Å². The van der Waals surface area contributed by atoms with Gasteiger partial charge in [0.25, 0.3) is 0 Å². The van der Waals surface area contributed by atoms with Crippen LogP contribution in [0.15, 0.2) is 58.8 Å². The number of aliphatic hydroxyl groups excluding tert-OH is 1. The number of para-hydroxylation sites is 1. The highest BCUT2D eigenvalue weighted by molar-refractivity contribution is 5.95. The van der Waals surface area contributed by atoms with Crippen molar-refractivity contribution < 1.29 is 33.6 Å². The zero-order chi connectivity index (χ0) is 26.8. The van der Waals surface area contributed by atoms with Crippen molar-refractivity contribution in [3.05, 3.63) is 64.9 Å². The van der Waals surface area contributed by atoms with Crippen LogP contribution in [-0.4, -0.2) is 56.5 Å². The first-order valence-electron chi connectivity index (χ1n) is 11.8. The summed E-state index contributed by atoms with van der Waals surface area (Å²) in [6.45, 7) is 6.10. The number of aliphatic hydroxyl groups is 1. The van der Waals surface area contributed by atoms with E-state index in [0.717, 1.165) is 5.56 Å². The summed E-state index contributed by atoms with van der Waals surface area (Å²) in [6, 6.07) is 11.3. The average Bonchev–Trinajstić information content (AvgIpc) is 2.88. The average molecular weight is 513 g/mol. The Kier molecular flexibility index (Phi) is 9.73. The van der Waals surface area contributed by atoms with Crippen molar-refractivity contribution >= 4 is 18.2 Å². The van der Waals surface area contributed by atoms with Crippen LogP contribution in [0.4, 0.5) is 4.79 Å². The molecular formula is C26H32N4O7. The molecule has 0 spiro atoms. The van der Waals surface area contributed by atoms with Crippen LogP contribution in [0, 0.1) is 0 Å². The zero-order valence-corrected chi connectivity index (χ0v) is 21.2. The number of rotatable bonds is 12. The maximum Gasteiger partial charge on any atom is 0.337 e. The minimum absolute atomic E-state index is 0.125. The molecule has 198 valence electrons. The first-order valence-corrected chi connectivity index (χ1v) is 11.8. The summed E-state index contributed by atoms with van der Waals surface area (Å²) in [4.78, 5) is 24.4. The minimum atomic E-state index is -1.11. The number of hydrazone groups is 1. The Morgan fingerprint density at radius 1 is 1.11 bits per heavy atom. The van der Waals surface area contributed by atoms with Crippen molar-refractivity contribution in [1.29, 1.82) is 0 Å². The lowest BCUT2D eigenvalue weighted by atomic mass is 9.95. The molecular weight excluding hydrogens is 480 g/mol. The molecule has 0 aliphatic carbocycles. The van der Waals surface area contributed by atoms with Gasteiger partial charge in [-0.25, -0.2) is 9.59 Å². The highest BCUT2D eigenvalue weighted by atomic mass is 16.5.